The average molecular weight is 605 g/mol. The van der Waals surface area contributed by atoms with E-state index < -0.39 is 0 Å². The van der Waals surface area contributed by atoms with E-state index in [1.807, 2.05) is 12.1 Å². The summed E-state index contributed by atoms with van der Waals surface area (Å²) in [5.41, 5.74) is 13.3. The highest BCUT2D eigenvalue weighted by Crippen LogP contribution is 2.45. The van der Waals surface area contributed by atoms with E-state index in [4.69, 9.17) is 4.42 Å². The minimum Gasteiger partial charge on any atom is -0.455 e. The molecule has 0 saturated heterocycles. The van der Waals surface area contributed by atoms with Crippen LogP contribution in [0, 0.1) is 13.8 Å². The number of furan rings is 1. The molecule has 9 rings (SSSR count). The third kappa shape index (κ3) is 4.23. The third-order valence-electron chi connectivity index (χ3n) is 10.3. The number of hydrogen-bond acceptors (Lipinski definition) is 1. The molecule has 0 aliphatic heterocycles. The zero-order valence-electron chi connectivity index (χ0n) is 27.5. The Morgan fingerprint density at radius 1 is 0.426 bits per heavy atom. The van der Waals surface area contributed by atoms with Crippen molar-refractivity contribution in [2.24, 2.45) is 0 Å². The van der Waals surface area contributed by atoms with Crippen LogP contribution in [0.4, 0.5) is 0 Å². The van der Waals surface area contributed by atoms with Crippen molar-refractivity contribution >= 4 is 54.3 Å². The molecule has 0 N–H and O–H groups in total. The molecule has 1 heteroatoms. The fourth-order valence-electron chi connectivity index (χ4n) is 7.78. The Bertz CT molecular complexity index is 2640. The Labute approximate surface area is 275 Å². The summed E-state index contributed by atoms with van der Waals surface area (Å²) in [5.74, 6) is 0. The summed E-state index contributed by atoms with van der Waals surface area (Å²) in [7, 11) is 0. The molecule has 1 nitrogen and oxygen atoms in total. The second-order valence-corrected chi connectivity index (χ2v) is 14.2. The van der Waals surface area contributed by atoms with E-state index in [-0.39, 0.29) is 5.41 Å². The van der Waals surface area contributed by atoms with Gasteiger partial charge in [0, 0.05) is 16.3 Å². The lowest BCUT2D eigenvalue weighted by atomic mass is 9.83. The molecule has 9 aromatic rings. The zero-order valence-corrected chi connectivity index (χ0v) is 27.5. The molecule has 1 aromatic heterocycles. The van der Waals surface area contributed by atoms with Gasteiger partial charge in [0.15, 0.2) is 0 Å². The number of hydrogen-bond donors (Lipinski definition) is 0. The van der Waals surface area contributed by atoms with Crippen LogP contribution < -0.4 is 0 Å². The molecule has 0 spiro atoms. The first-order valence-corrected chi connectivity index (χ1v) is 16.6. The van der Waals surface area contributed by atoms with Crippen molar-refractivity contribution in [2.75, 3.05) is 0 Å². The van der Waals surface area contributed by atoms with Gasteiger partial charge in [0.1, 0.15) is 11.2 Å². The second kappa shape index (κ2) is 10.0. The van der Waals surface area contributed by atoms with Crippen molar-refractivity contribution in [2.45, 2.75) is 40.0 Å². The van der Waals surface area contributed by atoms with Crippen LogP contribution in [0.1, 0.15) is 37.5 Å². The van der Waals surface area contributed by atoms with E-state index in [0.717, 1.165) is 33.1 Å². The van der Waals surface area contributed by atoms with Gasteiger partial charge in [-0.05, 0) is 102 Å². The van der Waals surface area contributed by atoms with Crippen molar-refractivity contribution in [3.8, 4) is 33.4 Å². The van der Waals surface area contributed by atoms with E-state index in [0.29, 0.717) is 0 Å². The Kier molecular flexibility index (Phi) is 5.96. The molecule has 0 atom stereocenters. The summed E-state index contributed by atoms with van der Waals surface area (Å²) in [4.78, 5) is 0. The maximum atomic E-state index is 6.36. The Morgan fingerprint density at radius 2 is 0.915 bits per heavy atom. The number of fused-ring (bicyclic) bond motifs is 3. The van der Waals surface area contributed by atoms with Crippen LogP contribution in [0.3, 0.4) is 0 Å². The number of para-hydroxylation sites is 2. The van der Waals surface area contributed by atoms with Gasteiger partial charge in [0.25, 0.3) is 0 Å². The SMILES string of the molecule is Cc1cc(-c2ccc(-c3cccc4c3oc3ccccc34)cc2)c2ccc3c(C)cc(-c4ccc(C(C)(C)C)cc4)c4ccc1c2c34. The summed E-state index contributed by atoms with van der Waals surface area (Å²) in [5, 5.41) is 10.3. The van der Waals surface area contributed by atoms with Crippen LogP contribution in [0.25, 0.3) is 87.6 Å². The van der Waals surface area contributed by atoms with Gasteiger partial charge >= 0.3 is 0 Å². The first-order chi connectivity index (χ1) is 22.8. The molecular formula is C46H36O. The molecule has 226 valence electrons. The van der Waals surface area contributed by atoms with E-state index >= 15 is 0 Å². The summed E-state index contributed by atoms with van der Waals surface area (Å²) >= 11 is 0. The molecule has 0 saturated carbocycles. The Morgan fingerprint density at radius 3 is 1.49 bits per heavy atom. The first kappa shape index (κ1) is 27.9. The monoisotopic (exact) mass is 604 g/mol. The average Bonchev–Trinajstić information content (AvgIpc) is 3.47. The van der Waals surface area contributed by atoms with E-state index in [1.54, 1.807) is 0 Å². The van der Waals surface area contributed by atoms with Gasteiger partial charge in [-0.3, -0.25) is 0 Å². The highest BCUT2D eigenvalue weighted by molar-refractivity contribution is 6.28. The quantitative estimate of drug-likeness (QED) is 0.183. The van der Waals surface area contributed by atoms with Crippen LogP contribution >= 0.6 is 0 Å². The molecule has 0 aliphatic carbocycles. The maximum Gasteiger partial charge on any atom is 0.143 e. The molecule has 1 heterocycles. The lowest BCUT2D eigenvalue weighted by Gasteiger charge is -2.21. The minimum atomic E-state index is 0.129. The molecule has 8 aromatic carbocycles. The first-order valence-electron chi connectivity index (χ1n) is 16.6. The molecule has 0 amide bonds. The van der Waals surface area contributed by atoms with Gasteiger partial charge in [-0.1, -0.05) is 142 Å². The Balaban J connectivity index is 1.21. The van der Waals surface area contributed by atoms with Gasteiger partial charge in [0.05, 0.1) is 0 Å². The highest BCUT2D eigenvalue weighted by atomic mass is 16.3. The van der Waals surface area contributed by atoms with Crippen LogP contribution in [-0.2, 0) is 5.41 Å². The van der Waals surface area contributed by atoms with Gasteiger partial charge < -0.3 is 4.42 Å². The predicted octanol–water partition coefficient (Wildman–Crippen LogP) is 13.4. The lowest BCUT2D eigenvalue weighted by molar-refractivity contribution is 0.590. The summed E-state index contributed by atoms with van der Waals surface area (Å²) in [6.45, 7) is 11.3. The second-order valence-electron chi connectivity index (χ2n) is 14.2. The molecule has 47 heavy (non-hydrogen) atoms. The number of aryl methyl sites for hydroxylation is 2. The summed E-state index contributed by atoms with van der Waals surface area (Å²) < 4.78 is 6.36. The fraction of sp³-hybridized carbons (Fsp3) is 0.130. The molecule has 0 radical (unpaired) electrons. The van der Waals surface area contributed by atoms with Gasteiger partial charge in [0.2, 0.25) is 0 Å². The Hall–Kier alpha value is -5.40. The number of benzene rings is 8. The summed E-state index contributed by atoms with van der Waals surface area (Å²) in [6.07, 6.45) is 0. The van der Waals surface area contributed by atoms with Crippen LogP contribution in [-0.4, -0.2) is 0 Å². The predicted molar refractivity (Wildman–Crippen MR) is 202 cm³/mol. The molecule has 0 bridgehead atoms. The zero-order chi connectivity index (χ0) is 32.0. The van der Waals surface area contributed by atoms with Gasteiger partial charge in [-0.25, -0.2) is 0 Å². The van der Waals surface area contributed by atoms with Crippen LogP contribution in [0.5, 0.6) is 0 Å². The van der Waals surface area contributed by atoms with Crippen molar-refractivity contribution in [3.05, 3.63) is 144 Å². The summed E-state index contributed by atoms with van der Waals surface area (Å²) in [6, 6.07) is 47.1. The van der Waals surface area contributed by atoms with E-state index in [9.17, 15) is 0 Å². The van der Waals surface area contributed by atoms with Crippen molar-refractivity contribution in [3.63, 3.8) is 0 Å². The maximum absolute atomic E-state index is 6.36. The van der Waals surface area contributed by atoms with Crippen molar-refractivity contribution in [1.82, 2.24) is 0 Å². The van der Waals surface area contributed by atoms with Gasteiger partial charge in [-0.2, -0.15) is 0 Å². The topological polar surface area (TPSA) is 13.1 Å². The molecular weight excluding hydrogens is 569 g/mol. The standard InChI is InChI=1S/C46H36O/c1-27-25-40(30-15-13-29(14-16-30)35-10-8-11-39-36-9-6-7-12-42(36)47-45(35)39)37-23-21-34-28(2)26-41(38-24-22-33(27)43(37)44(34)38)31-17-19-32(20-18-31)46(3,4)5/h6-26H,1-5H3. The van der Waals surface area contributed by atoms with Gasteiger partial charge in [-0.15, -0.1) is 0 Å². The largest absolute Gasteiger partial charge is 0.455 e. The van der Waals surface area contributed by atoms with E-state index in [1.165, 1.54) is 71.3 Å². The van der Waals surface area contributed by atoms with Crippen LogP contribution in [0.15, 0.2) is 132 Å². The smallest absolute Gasteiger partial charge is 0.143 e. The number of rotatable bonds is 3. The molecule has 0 fully saturated rings. The van der Waals surface area contributed by atoms with Crippen LogP contribution in [0.2, 0.25) is 0 Å². The van der Waals surface area contributed by atoms with Crippen molar-refractivity contribution < 1.29 is 4.42 Å². The molecule has 0 aliphatic rings. The fourth-order valence-corrected chi connectivity index (χ4v) is 7.78. The third-order valence-corrected chi connectivity index (χ3v) is 10.3. The normalized spacial score (nSPS) is 12.4. The van der Waals surface area contributed by atoms with Crippen molar-refractivity contribution in [1.29, 1.82) is 0 Å². The lowest BCUT2D eigenvalue weighted by Crippen LogP contribution is -2.10. The minimum absolute atomic E-state index is 0.129. The van der Waals surface area contributed by atoms with E-state index in [2.05, 4.69) is 150 Å². The molecule has 0 unspecified atom stereocenters. The highest BCUT2D eigenvalue weighted by Gasteiger charge is 2.19.